The fraction of sp³-hybridized carbons (Fsp3) is 0. The molecule has 0 N–H and O–H groups in total. The zero-order valence-electron chi connectivity index (χ0n) is 5.67. The molecule has 9 heavy (non-hydrogen) atoms. The van der Waals surface area contributed by atoms with Gasteiger partial charge in [0.05, 0.1) is 0 Å². The Balaban J connectivity index is 0. The van der Waals surface area contributed by atoms with Crippen molar-refractivity contribution in [3.05, 3.63) is 50.2 Å². The second-order valence-electron chi connectivity index (χ2n) is 1.49. The zero-order valence-corrected chi connectivity index (χ0v) is 8.51. The molecular weight excluding hydrogens is 185 g/mol. The van der Waals surface area contributed by atoms with Gasteiger partial charge in [-0.3, -0.25) is 0 Å². The van der Waals surface area contributed by atoms with Crippen molar-refractivity contribution < 1.29 is 32.7 Å². The molecule has 0 aromatic heterocycles. The van der Waals surface area contributed by atoms with Crippen molar-refractivity contribution in [1.82, 2.24) is 0 Å². The Labute approximate surface area is 82.6 Å². The molecule has 0 bridgehead atoms. The summed E-state index contributed by atoms with van der Waals surface area (Å²) in [7, 11) is 0. The third kappa shape index (κ3) is 4.68. The Hall–Kier alpha value is 0.194. The fourth-order valence-electron chi connectivity index (χ4n) is 0.478. The SMILES string of the molecule is [CH2-]c1ccccc1.[CH3-].[Y+3]. The Morgan fingerprint density at radius 1 is 1.00 bits per heavy atom. The third-order valence-corrected chi connectivity index (χ3v) is 0.843. The quantitative estimate of drug-likeness (QED) is 0.557. The average Bonchev–Trinajstić information content (AvgIpc) is 1.69. The molecule has 0 heterocycles. The van der Waals surface area contributed by atoms with Gasteiger partial charge in [0.15, 0.2) is 0 Å². The van der Waals surface area contributed by atoms with E-state index >= 15 is 0 Å². The molecule has 0 saturated heterocycles. The molecule has 0 aliphatic heterocycles. The summed E-state index contributed by atoms with van der Waals surface area (Å²) >= 11 is 0. The molecular formula is C8H10Y+. The van der Waals surface area contributed by atoms with Crippen LogP contribution in [-0.4, -0.2) is 0 Å². The van der Waals surface area contributed by atoms with E-state index in [4.69, 9.17) is 0 Å². The Bertz CT molecular complexity index is 134. The summed E-state index contributed by atoms with van der Waals surface area (Å²) in [5.41, 5.74) is 1.07. The first kappa shape index (κ1) is 11.9. The maximum Gasteiger partial charge on any atom is 3.00 e. The van der Waals surface area contributed by atoms with Gasteiger partial charge >= 0.3 is 32.7 Å². The van der Waals surface area contributed by atoms with Crippen molar-refractivity contribution in [2.45, 2.75) is 0 Å². The molecule has 1 aromatic rings. The van der Waals surface area contributed by atoms with Crippen molar-refractivity contribution >= 4 is 0 Å². The van der Waals surface area contributed by atoms with E-state index in [9.17, 15) is 0 Å². The summed E-state index contributed by atoms with van der Waals surface area (Å²) in [5, 5.41) is 0. The Morgan fingerprint density at radius 2 is 1.44 bits per heavy atom. The topological polar surface area (TPSA) is 0 Å². The van der Waals surface area contributed by atoms with Crippen LogP contribution in [0.3, 0.4) is 0 Å². The molecule has 0 radical (unpaired) electrons. The van der Waals surface area contributed by atoms with Crippen LogP contribution in [0.4, 0.5) is 0 Å². The Kier molecular flexibility index (Phi) is 8.37. The summed E-state index contributed by atoms with van der Waals surface area (Å²) in [6.07, 6.45) is 0. The summed E-state index contributed by atoms with van der Waals surface area (Å²) < 4.78 is 0. The molecule has 0 fully saturated rings. The first-order chi connectivity index (χ1) is 3.39. The monoisotopic (exact) mass is 195 g/mol. The number of rotatable bonds is 0. The van der Waals surface area contributed by atoms with Crippen molar-refractivity contribution in [3.63, 3.8) is 0 Å². The molecule has 0 saturated carbocycles. The van der Waals surface area contributed by atoms with Crippen LogP contribution in [0.25, 0.3) is 0 Å². The zero-order chi connectivity index (χ0) is 5.11. The molecule has 1 rings (SSSR count). The van der Waals surface area contributed by atoms with Gasteiger partial charge in [-0.15, -0.1) is 12.1 Å². The van der Waals surface area contributed by atoms with Crippen LogP contribution in [0.5, 0.6) is 0 Å². The van der Waals surface area contributed by atoms with Crippen LogP contribution in [-0.2, 0) is 32.7 Å². The van der Waals surface area contributed by atoms with Crippen molar-refractivity contribution in [1.29, 1.82) is 0 Å². The van der Waals surface area contributed by atoms with Crippen LogP contribution >= 0.6 is 0 Å². The molecule has 0 nitrogen and oxygen atoms in total. The van der Waals surface area contributed by atoms with Gasteiger partial charge in [0.2, 0.25) is 0 Å². The van der Waals surface area contributed by atoms with E-state index in [1.54, 1.807) is 0 Å². The molecule has 1 heteroatoms. The van der Waals surface area contributed by atoms with Gasteiger partial charge in [0.1, 0.15) is 0 Å². The van der Waals surface area contributed by atoms with E-state index in [2.05, 4.69) is 6.92 Å². The summed E-state index contributed by atoms with van der Waals surface area (Å²) in [6.45, 7) is 3.72. The van der Waals surface area contributed by atoms with Gasteiger partial charge in [0, 0.05) is 0 Å². The van der Waals surface area contributed by atoms with Crippen LogP contribution in [0.15, 0.2) is 30.3 Å². The molecule has 0 aliphatic rings. The maximum absolute atomic E-state index is 3.72. The molecule has 0 atom stereocenters. The second-order valence-corrected chi connectivity index (χ2v) is 1.49. The molecule has 1 aromatic carbocycles. The minimum atomic E-state index is 0. The van der Waals surface area contributed by atoms with Crippen molar-refractivity contribution in [2.24, 2.45) is 0 Å². The van der Waals surface area contributed by atoms with E-state index in [-0.39, 0.29) is 40.1 Å². The first-order valence-electron chi connectivity index (χ1n) is 2.26. The van der Waals surface area contributed by atoms with Gasteiger partial charge in [0.25, 0.3) is 0 Å². The van der Waals surface area contributed by atoms with Crippen molar-refractivity contribution in [3.8, 4) is 0 Å². The predicted octanol–water partition coefficient (Wildman–Crippen LogP) is 2.32. The summed E-state index contributed by atoms with van der Waals surface area (Å²) in [5.74, 6) is 0. The largest absolute Gasteiger partial charge is 3.00 e. The maximum atomic E-state index is 3.72. The molecule has 0 amide bonds. The smallest absolute Gasteiger partial charge is 0.358 e. The van der Waals surface area contributed by atoms with Crippen LogP contribution < -0.4 is 0 Å². The van der Waals surface area contributed by atoms with Gasteiger partial charge in [-0.25, -0.2) is 0 Å². The minimum absolute atomic E-state index is 0. The molecule has 0 spiro atoms. The number of benzene rings is 1. The van der Waals surface area contributed by atoms with Gasteiger partial charge < -0.3 is 7.43 Å². The summed E-state index contributed by atoms with van der Waals surface area (Å²) in [6, 6.07) is 9.87. The number of hydrogen-bond donors (Lipinski definition) is 0. The predicted molar refractivity (Wildman–Crippen MR) is 37.3 cm³/mol. The van der Waals surface area contributed by atoms with E-state index < -0.39 is 0 Å². The summed E-state index contributed by atoms with van der Waals surface area (Å²) in [4.78, 5) is 0. The van der Waals surface area contributed by atoms with Crippen molar-refractivity contribution in [2.75, 3.05) is 0 Å². The standard InChI is InChI=1S/C7H7.CH3.Y/c1-7-5-3-2-4-6-7;;/h2-6H,1H2;1H3;/q2*-1;+3. The van der Waals surface area contributed by atoms with Gasteiger partial charge in [-0.05, 0) is 0 Å². The van der Waals surface area contributed by atoms with E-state index in [0.29, 0.717) is 0 Å². The first-order valence-corrected chi connectivity index (χ1v) is 2.26. The van der Waals surface area contributed by atoms with E-state index in [1.165, 1.54) is 0 Å². The third-order valence-electron chi connectivity index (χ3n) is 0.843. The average molecular weight is 195 g/mol. The van der Waals surface area contributed by atoms with E-state index in [1.807, 2.05) is 30.3 Å². The van der Waals surface area contributed by atoms with Crippen LogP contribution in [0, 0.1) is 14.4 Å². The van der Waals surface area contributed by atoms with Crippen LogP contribution in [0.2, 0.25) is 0 Å². The normalized spacial score (nSPS) is 6.67. The van der Waals surface area contributed by atoms with Crippen LogP contribution in [0.1, 0.15) is 5.56 Å². The van der Waals surface area contributed by atoms with E-state index in [0.717, 1.165) is 5.56 Å². The fourth-order valence-corrected chi connectivity index (χ4v) is 0.478. The van der Waals surface area contributed by atoms with Gasteiger partial charge in [-0.2, -0.15) is 24.6 Å². The molecule has 0 unspecified atom stereocenters. The minimum Gasteiger partial charge on any atom is -0.358 e. The second kappa shape index (κ2) is 6.32. The molecule has 44 valence electrons. The van der Waals surface area contributed by atoms with Gasteiger partial charge in [-0.1, -0.05) is 6.07 Å². The molecule has 0 aliphatic carbocycles. The number of hydrogen-bond acceptors (Lipinski definition) is 0. The Morgan fingerprint density at radius 3 is 1.67 bits per heavy atom.